The van der Waals surface area contributed by atoms with Gasteiger partial charge in [-0.1, -0.05) is 12.1 Å². The normalized spacial score (nSPS) is 18.2. The van der Waals surface area contributed by atoms with Crippen LogP contribution in [0.1, 0.15) is 12.8 Å². The molecule has 2 amide bonds. The van der Waals surface area contributed by atoms with Crippen LogP contribution in [0.5, 0.6) is 0 Å². The number of nitrogens with one attached hydrogen (secondary N) is 2. The van der Waals surface area contributed by atoms with Crippen LogP contribution in [0, 0.1) is 5.92 Å². The molecular formula is C17H21N5O2. The molecule has 7 heteroatoms. The minimum atomic E-state index is -0.358. The number of piperidine rings is 1. The Labute approximate surface area is 140 Å². The summed E-state index contributed by atoms with van der Waals surface area (Å²) in [6, 6.07) is 7.63. The molecule has 2 heterocycles. The number of aromatic amines is 1. The maximum absolute atomic E-state index is 12.5. The van der Waals surface area contributed by atoms with Gasteiger partial charge >= 0.3 is 0 Å². The monoisotopic (exact) mass is 327 g/mol. The fourth-order valence-electron chi connectivity index (χ4n) is 3.06. The number of carbonyl (C=O) groups excluding carboxylic acids is 2. The lowest BCUT2D eigenvalue weighted by atomic mass is 9.97. The van der Waals surface area contributed by atoms with Crippen LogP contribution in [0.2, 0.25) is 0 Å². The minimum Gasteiger partial charge on any atom is -0.369 e. The van der Waals surface area contributed by atoms with Crippen molar-refractivity contribution in [1.29, 1.82) is 0 Å². The molecule has 1 aliphatic rings. The number of benzene rings is 1. The number of carbonyl (C=O) groups is 2. The van der Waals surface area contributed by atoms with Gasteiger partial charge in [0.2, 0.25) is 11.8 Å². The number of primary amides is 1. The first-order chi connectivity index (χ1) is 11.6. The summed E-state index contributed by atoms with van der Waals surface area (Å²) in [5, 5.41) is 2.97. The zero-order valence-electron chi connectivity index (χ0n) is 13.4. The van der Waals surface area contributed by atoms with E-state index < -0.39 is 0 Å². The number of anilines is 1. The first-order valence-corrected chi connectivity index (χ1v) is 8.02. The second kappa shape index (κ2) is 7.27. The summed E-state index contributed by atoms with van der Waals surface area (Å²) < 4.78 is 0. The molecule has 1 unspecified atom stereocenters. The SMILES string of the molecule is NC(=O)CN1CCCC(C(=O)Nc2cccc(-c3cnc[nH]3)c2)C1. The molecule has 2 aromatic rings. The Bertz CT molecular complexity index is 714. The van der Waals surface area contributed by atoms with E-state index in [1.807, 2.05) is 29.2 Å². The number of hydrogen-bond acceptors (Lipinski definition) is 4. The largest absolute Gasteiger partial charge is 0.369 e. The zero-order chi connectivity index (χ0) is 16.9. The average Bonchev–Trinajstić information content (AvgIpc) is 3.09. The summed E-state index contributed by atoms with van der Waals surface area (Å²) in [7, 11) is 0. The van der Waals surface area contributed by atoms with Crippen molar-refractivity contribution < 1.29 is 9.59 Å². The second-order valence-corrected chi connectivity index (χ2v) is 6.08. The first kappa shape index (κ1) is 16.2. The van der Waals surface area contributed by atoms with Gasteiger partial charge in [0.25, 0.3) is 0 Å². The third-order valence-corrected chi connectivity index (χ3v) is 4.20. The van der Waals surface area contributed by atoms with Crippen LogP contribution >= 0.6 is 0 Å². The van der Waals surface area contributed by atoms with Crippen molar-refractivity contribution in [1.82, 2.24) is 14.9 Å². The van der Waals surface area contributed by atoms with Crippen LogP contribution in [0.3, 0.4) is 0 Å². The number of nitrogens with two attached hydrogens (primary N) is 1. The highest BCUT2D eigenvalue weighted by Gasteiger charge is 2.26. The number of imidazole rings is 1. The predicted molar refractivity (Wildman–Crippen MR) is 91.0 cm³/mol. The molecule has 7 nitrogen and oxygen atoms in total. The fraction of sp³-hybridized carbons (Fsp3) is 0.353. The molecule has 0 spiro atoms. The molecule has 0 aliphatic carbocycles. The number of H-pyrrole nitrogens is 1. The molecule has 0 saturated carbocycles. The van der Waals surface area contributed by atoms with Gasteiger partial charge in [0.15, 0.2) is 0 Å². The van der Waals surface area contributed by atoms with Gasteiger partial charge in [-0.15, -0.1) is 0 Å². The van der Waals surface area contributed by atoms with Crippen molar-refractivity contribution in [2.24, 2.45) is 11.7 Å². The van der Waals surface area contributed by atoms with E-state index in [0.717, 1.165) is 36.3 Å². The van der Waals surface area contributed by atoms with E-state index in [1.54, 1.807) is 12.5 Å². The fourth-order valence-corrected chi connectivity index (χ4v) is 3.06. The molecule has 1 atom stereocenters. The Morgan fingerprint density at radius 1 is 1.42 bits per heavy atom. The van der Waals surface area contributed by atoms with Gasteiger partial charge in [-0.05, 0) is 31.5 Å². The average molecular weight is 327 g/mol. The highest BCUT2D eigenvalue weighted by molar-refractivity contribution is 5.93. The molecule has 3 rings (SSSR count). The minimum absolute atomic E-state index is 0.0223. The molecule has 1 aliphatic heterocycles. The van der Waals surface area contributed by atoms with Crippen LogP contribution < -0.4 is 11.1 Å². The van der Waals surface area contributed by atoms with Gasteiger partial charge < -0.3 is 16.0 Å². The number of likely N-dealkylation sites (tertiary alicyclic amines) is 1. The van der Waals surface area contributed by atoms with E-state index in [0.29, 0.717) is 6.54 Å². The van der Waals surface area contributed by atoms with Gasteiger partial charge in [0, 0.05) is 17.8 Å². The zero-order valence-corrected chi connectivity index (χ0v) is 13.4. The number of aromatic nitrogens is 2. The standard InChI is InChI=1S/C17H21N5O2/c18-16(23)10-22-6-2-4-13(9-22)17(24)21-14-5-1-3-12(7-14)15-8-19-11-20-15/h1,3,5,7-8,11,13H,2,4,6,9-10H2,(H2,18,23)(H,19,20)(H,21,24). The molecule has 1 saturated heterocycles. The summed E-state index contributed by atoms with van der Waals surface area (Å²) in [4.78, 5) is 32.6. The smallest absolute Gasteiger partial charge is 0.231 e. The highest BCUT2D eigenvalue weighted by atomic mass is 16.2. The summed E-state index contributed by atoms with van der Waals surface area (Å²) in [6.07, 6.45) is 5.07. The molecule has 0 radical (unpaired) electrons. The van der Waals surface area contributed by atoms with Crippen molar-refractivity contribution in [2.45, 2.75) is 12.8 Å². The molecule has 1 fully saturated rings. The van der Waals surface area contributed by atoms with E-state index in [9.17, 15) is 9.59 Å². The summed E-state index contributed by atoms with van der Waals surface area (Å²) >= 11 is 0. The maximum atomic E-state index is 12.5. The van der Waals surface area contributed by atoms with E-state index in [4.69, 9.17) is 5.73 Å². The second-order valence-electron chi connectivity index (χ2n) is 6.08. The Morgan fingerprint density at radius 2 is 2.29 bits per heavy atom. The molecular weight excluding hydrogens is 306 g/mol. The summed E-state index contributed by atoms with van der Waals surface area (Å²) in [6.45, 7) is 1.58. The topological polar surface area (TPSA) is 104 Å². The molecule has 4 N–H and O–H groups in total. The van der Waals surface area contributed by atoms with Crippen LogP contribution in [0.15, 0.2) is 36.8 Å². The third-order valence-electron chi connectivity index (χ3n) is 4.20. The van der Waals surface area contributed by atoms with Crippen LogP contribution in [0.4, 0.5) is 5.69 Å². The van der Waals surface area contributed by atoms with Gasteiger partial charge in [0.05, 0.1) is 30.7 Å². The van der Waals surface area contributed by atoms with Crippen molar-refractivity contribution in [3.63, 3.8) is 0 Å². The van der Waals surface area contributed by atoms with Crippen LogP contribution in [0.25, 0.3) is 11.3 Å². The van der Waals surface area contributed by atoms with Gasteiger partial charge in [-0.3, -0.25) is 14.5 Å². The van der Waals surface area contributed by atoms with Crippen molar-refractivity contribution in [2.75, 3.05) is 25.0 Å². The first-order valence-electron chi connectivity index (χ1n) is 8.02. The molecule has 24 heavy (non-hydrogen) atoms. The number of nitrogens with zero attached hydrogens (tertiary/aromatic N) is 2. The van der Waals surface area contributed by atoms with Gasteiger partial charge in [-0.25, -0.2) is 4.98 Å². The Kier molecular flexibility index (Phi) is 4.90. The Hall–Kier alpha value is -2.67. The lowest BCUT2D eigenvalue weighted by Crippen LogP contribution is -2.44. The van der Waals surface area contributed by atoms with Gasteiger partial charge in [0.1, 0.15) is 0 Å². The van der Waals surface area contributed by atoms with Crippen LogP contribution in [-0.2, 0) is 9.59 Å². The molecule has 1 aromatic carbocycles. The van der Waals surface area contributed by atoms with E-state index in [-0.39, 0.29) is 24.3 Å². The third kappa shape index (κ3) is 3.99. The predicted octanol–water partition coefficient (Wildman–Crippen LogP) is 1.21. The Balaban J connectivity index is 1.64. The highest BCUT2D eigenvalue weighted by Crippen LogP contribution is 2.22. The van der Waals surface area contributed by atoms with Gasteiger partial charge in [-0.2, -0.15) is 0 Å². The molecule has 1 aromatic heterocycles. The molecule has 126 valence electrons. The summed E-state index contributed by atoms with van der Waals surface area (Å²) in [5.41, 5.74) is 7.85. The van der Waals surface area contributed by atoms with Crippen molar-refractivity contribution in [3.8, 4) is 11.3 Å². The van der Waals surface area contributed by atoms with E-state index in [1.165, 1.54) is 0 Å². The number of hydrogen-bond donors (Lipinski definition) is 3. The van der Waals surface area contributed by atoms with Crippen molar-refractivity contribution >= 4 is 17.5 Å². The van der Waals surface area contributed by atoms with Crippen molar-refractivity contribution in [3.05, 3.63) is 36.8 Å². The quantitative estimate of drug-likeness (QED) is 0.768. The maximum Gasteiger partial charge on any atom is 0.231 e. The van der Waals surface area contributed by atoms with E-state index in [2.05, 4.69) is 15.3 Å². The van der Waals surface area contributed by atoms with E-state index >= 15 is 0 Å². The lowest BCUT2D eigenvalue weighted by molar-refractivity contribution is -0.124. The molecule has 0 bridgehead atoms. The Morgan fingerprint density at radius 3 is 3.04 bits per heavy atom. The number of rotatable bonds is 5. The summed E-state index contributed by atoms with van der Waals surface area (Å²) in [5.74, 6) is -0.511. The number of amides is 2. The lowest BCUT2D eigenvalue weighted by Gasteiger charge is -2.31. The van der Waals surface area contributed by atoms with Crippen LogP contribution in [-0.4, -0.2) is 46.3 Å².